The van der Waals surface area contributed by atoms with Gasteiger partial charge in [-0.2, -0.15) is 0 Å². The van der Waals surface area contributed by atoms with Gasteiger partial charge < -0.3 is 0 Å². The van der Waals surface area contributed by atoms with E-state index in [1.807, 2.05) is 0 Å². The highest BCUT2D eigenvalue weighted by molar-refractivity contribution is 7.10. The lowest BCUT2D eigenvalue weighted by Crippen LogP contribution is -1.95. The molecule has 0 N–H and O–H groups in total. The van der Waals surface area contributed by atoms with Crippen LogP contribution in [0.4, 0.5) is 0 Å². The third kappa shape index (κ3) is 1.25. The SMILES string of the molecule is ClC(c1cccs1)C1C2CCCC21. The highest BCUT2D eigenvalue weighted by Crippen LogP contribution is 2.64. The molecule has 0 radical (unpaired) electrons. The van der Waals surface area contributed by atoms with Gasteiger partial charge in [0.2, 0.25) is 0 Å². The third-order valence-corrected chi connectivity index (χ3v) is 5.24. The number of hydrogen-bond acceptors (Lipinski definition) is 1. The second kappa shape index (κ2) is 2.99. The van der Waals surface area contributed by atoms with Crippen LogP contribution in [0.25, 0.3) is 0 Å². The highest BCUT2D eigenvalue weighted by Gasteiger charge is 2.55. The van der Waals surface area contributed by atoms with Gasteiger partial charge in [-0.1, -0.05) is 12.5 Å². The summed E-state index contributed by atoms with van der Waals surface area (Å²) in [5.41, 5.74) is 0. The standard InChI is InChI=1S/C11H13ClS/c12-11(9-5-2-6-13-9)10-7-3-1-4-8(7)10/h2,5-8,10-11H,1,3-4H2. The molecule has 2 saturated carbocycles. The van der Waals surface area contributed by atoms with E-state index in [0.29, 0.717) is 5.38 Å². The fourth-order valence-corrected chi connectivity index (χ4v) is 4.31. The van der Waals surface area contributed by atoms with Crippen molar-refractivity contribution in [2.75, 3.05) is 0 Å². The average molecular weight is 213 g/mol. The van der Waals surface area contributed by atoms with E-state index in [1.165, 1.54) is 24.1 Å². The van der Waals surface area contributed by atoms with Gasteiger partial charge in [-0.15, -0.1) is 22.9 Å². The topological polar surface area (TPSA) is 0 Å². The highest BCUT2D eigenvalue weighted by atomic mass is 35.5. The quantitative estimate of drug-likeness (QED) is 0.649. The second-order valence-electron chi connectivity index (χ2n) is 4.25. The summed E-state index contributed by atoms with van der Waals surface area (Å²) in [6.45, 7) is 0. The van der Waals surface area contributed by atoms with E-state index in [0.717, 1.165) is 17.8 Å². The number of fused-ring (bicyclic) bond motifs is 1. The van der Waals surface area contributed by atoms with Crippen LogP contribution in [0.2, 0.25) is 0 Å². The molecule has 0 amide bonds. The Bertz CT molecular complexity index is 283. The number of hydrogen-bond donors (Lipinski definition) is 0. The average Bonchev–Trinajstić information content (AvgIpc) is 2.68. The molecule has 2 aliphatic rings. The molecule has 2 heteroatoms. The molecule has 3 atom stereocenters. The van der Waals surface area contributed by atoms with Gasteiger partial charge in [0.15, 0.2) is 0 Å². The zero-order valence-electron chi connectivity index (χ0n) is 7.45. The normalized spacial score (nSPS) is 38.7. The minimum Gasteiger partial charge on any atom is -0.147 e. The maximum atomic E-state index is 6.46. The summed E-state index contributed by atoms with van der Waals surface area (Å²) in [7, 11) is 0. The van der Waals surface area contributed by atoms with Crippen LogP contribution in [0.5, 0.6) is 0 Å². The lowest BCUT2D eigenvalue weighted by Gasteiger charge is -2.08. The van der Waals surface area contributed by atoms with Crippen molar-refractivity contribution in [1.82, 2.24) is 0 Å². The summed E-state index contributed by atoms with van der Waals surface area (Å²) in [5, 5.41) is 2.44. The Morgan fingerprint density at radius 3 is 2.77 bits per heavy atom. The van der Waals surface area contributed by atoms with Crippen molar-refractivity contribution >= 4 is 22.9 Å². The van der Waals surface area contributed by atoms with Crippen LogP contribution in [-0.4, -0.2) is 0 Å². The zero-order chi connectivity index (χ0) is 8.84. The Labute approximate surface area is 87.9 Å². The van der Waals surface area contributed by atoms with Crippen LogP contribution in [0, 0.1) is 17.8 Å². The Hall–Kier alpha value is -0.0100. The summed E-state index contributed by atoms with van der Waals surface area (Å²) >= 11 is 8.26. The van der Waals surface area contributed by atoms with Crippen LogP contribution < -0.4 is 0 Å². The van der Waals surface area contributed by atoms with E-state index in [9.17, 15) is 0 Å². The molecule has 0 bridgehead atoms. The molecule has 13 heavy (non-hydrogen) atoms. The van der Waals surface area contributed by atoms with E-state index >= 15 is 0 Å². The van der Waals surface area contributed by atoms with Crippen LogP contribution in [0.3, 0.4) is 0 Å². The summed E-state index contributed by atoms with van der Waals surface area (Å²) in [5.74, 6) is 2.77. The summed E-state index contributed by atoms with van der Waals surface area (Å²) in [6, 6.07) is 4.28. The molecule has 70 valence electrons. The molecule has 2 aliphatic carbocycles. The fraction of sp³-hybridized carbons (Fsp3) is 0.636. The first-order valence-corrected chi connectivity index (χ1v) is 6.37. The lowest BCUT2D eigenvalue weighted by molar-refractivity contribution is 0.577. The zero-order valence-corrected chi connectivity index (χ0v) is 9.02. The monoisotopic (exact) mass is 212 g/mol. The molecule has 0 nitrogen and oxygen atoms in total. The first kappa shape index (κ1) is 8.31. The van der Waals surface area contributed by atoms with Crippen molar-refractivity contribution in [2.45, 2.75) is 24.6 Å². The first-order chi connectivity index (χ1) is 6.38. The van der Waals surface area contributed by atoms with Crippen molar-refractivity contribution in [3.05, 3.63) is 22.4 Å². The predicted molar refractivity (Wildman–Crippen MR) is 57.2 cm³/mol. The van der Waals surface area contributed by atoms with E-state index < -0.39 is 0 Å². The van der Waals surface area contributed by atoms with Crippen molar-refractivity contribution in [1.29, 1.82) is 0 Å². The van der Waals surface area contributed by atoms with Crippen molar-refractivity contribution < 1.29 is 0 Å². The van der Waals surface area contributed by atoms with Crippen molar-refractivity contribution in [2.24, 2.45) is 17.8 Å². The number of halogens is 1. The third-order valence-electron chi connectivity index (χ3n) is 3.63. The van der Waals surface area contributed by atoms with Crippen LogP contribution >= 0.6 is 22.9 Å². The molecule has 1 aromatic rings. The Kier molecular flexibility index (Phi) is 1.91. The van der Waals surface area contributed by atoms with E-state index in [2.05, 4.69) is 17.5 Å². The molecule has 2 fully saturated rings. The molecule has 1 aromatic heterocycles. The largest absolute Gasteiger partial charge is 0.147 e. The van der Waals surface area contributed by atoms with Crippen LogP contribution in [-0.2, 0) is 0 Å². The van der Waals surface area contributed by atoms with Gasteiger partial charge in [-0.25, -0.2) is 0 Å². The minimum absolute atomic E-state index is 0.315. The van der Waals surface area contributed by atoms with E-state index in [-0.39, 0.29) is 0 Å². The maximum absolute atomic E-state index is 6.46. The first-order valence-electron chi connectivity index (χ1n) is 5.05. The van der Waals surface area contributed by atoms with E-state index in [1.54, 1.807) is 11.3 Å². The van der Waals surface area contributed by atoms with Crippen LogP contribution in [0.1, 0.15) is 29.5 Å². The van der Waals surface area contributed by atoms with Gasteiger partial charge >= 0.3 is 0 Å². The number of rotatable bonds is 2. The second-order valence-corrected chi connectivity index (χ2v) is 5.70. The Morgan fingerprint density at radius 2 is 2.15 bits per heavy atom. The molecular weight excluding hydrogens is 200 g/mol. The molecule has 0 saturated heterocycles. The van der Waals surface area contributed by atoms with Gasteiger partial charge in [0.1, 0.15) is 0 Å². The Morgan fingerprint density at radius 1 is 1.38 bits per heavy atom. The van der Waals surface area contributed by atoms with Gasteiger partial charge in [-0.05, 0) is 42.0 Å². The van der Waals surface area contributed by atoms with Crippen LogP contribution in [0.15, 0.2) is 17.5 Å². The molecule has 3 unspecified atom stereocenters. The fourth-order valence-electron chi connectivity index (χ4n) is 2.95. The summed E-state index contributed by atoms with van der Waals surface area (Å²) < 4.78 is 0. The van der Waals surface area contributed by atoms with Gasteiger partial charge in [0, 0.05) is 4.88 Å². The molecular formula is C11H13ClS. The molecule has 0 spiro atoms. The smallest absolute Gasteiger partial charge is 0.0712 e. The van der Waals surface area contributed by atoms with Crippen molar-refractivity contribution in [3.63, 3.8) is 0 Å². The summed E-state index contributed by atoms with van der Waals surface area (Å²) in [4.78, 5) is 1.38. The lowest BCUT2D eigenvalue weighted by atomic mass is 10.1. The number of alkyl halides is 1. The summed E-state index contributed by atoms with van der Waals surface area (Å²) in [6.07, 6.45) is 4.31. The van der Waals surface area contributed by atoms with Gasteiger partial charge in [0.25, 0.3) is 0 Å². The van der Waals surface area contributed by atoms with E-state index in [4.69, 9.17) is 11.6 Å². The minimum atomic E-state index is 0.315. The van der Waals surface area contributed by atoms with Gasteiger partial charge in [-0.3, -0.25) is 0 Å². The molecule has 0 aromatic carbocycles. The van der Waals surface area contributed by atoms with Gasteiger partial charge in [0.05, 0.1) is 5.38 Å². The maximum Gasteiger partial charge on any atom is 0.0712 e. The molecule has 0 aliphatic heterocycles. The molecule has 3 rings (SSSR count). The van der Waals surface area contributed by atoms with Crippen molar-refractivity contribution in [3.8, 4) is 0 Å². The number of thiophene rings is 1. The molecule has 1 heterocycles. The predicted octanol–water partition coefficient (Wildman–Crippen LogP) is 4.07. The Balaban J connectivity index is 1.74.